The molecule has 1 fully saturated rings. The number of aliphatic hydroxyl groups is 1. The highest BCUT2D eigenvalue weighted by Gasteiger charge is 2.48. The normalized spacial score (nSPS) is 16.5. The van der Waals surface area contributed by atoms with Crippen molar-refractivity contribution in [1.82, 2.24) is 0 Å². The Bertz CT molecular complexity index is 1440. The molecule has 1 N–H and O–H groups in total. The summed E-state index contributed by atoms with van der Waals surface area (Å²) in [4.78, 5) is 28.6. The van der Waals surface area contributed by atoms with Gasteiger partial charge in [-0.05, 0) is 60.9 Å². The highest BCUT2D eigenvalue weighted by Crippen LogP contribution is 2.48. The Hall–Kier alpha value is -4.17. The quantitative estimate of drug-likeness (QED) is 0.237. The zero-order valence-electron chi connectivity index (χ0n) is 21.9. The summed E-state index contributed by atoms with van der Waals surface area (Å²) >= 11 is 6.39. The average Bonchev–Trinajstić information content (AvgIpc) is 3.17. The van der Waals surface area contributed by atoms with Gasteiger partial charge in [0.25, 0.3) is 11.7 Å². The predicted molar refractivity (Wildman–Crippen MR) is 145 cm³/mol. The molecule has 8 nitrogen and oxygen atoms in total. The van der Waals surface area contributed by atoms with Gasteiger partial charge in [-0.1, -0.05) is 29.8 Å². The van der Waals surface area contributed by atoms with Crippen LogP contribution in [0.15, 0.2) is 54.1 Å². The smallest absolute Gasteiger partial charge is 0.300 e. The van der Waals surface area contributed by atoms with E-state index in [1.807, 2.05) is 19.1 Å². The highest BCUT2D eigenvalue weighted by atomic mass is 35.5. The summed E-state index contributed by atoms with van der Waals surface area (Å²) in [5.41, 5.74) is 2.53. The van der Waals surface area contributed by atoms with Crippen molar-refractivity contribution >= 4 is 34.7 Å². The second-order valence-electron chi connectivity index (χ2n) is 8.74. The van der Waals surface area contributed by atoms with Crippen molar-refractivity contribution in [1.29, 1.82) is 0 Å². The Kier molecular flexibility index (Phi) is 7.55. The van der Waals surface area contributed by atoms with Crippen molar-refractivity contribution in [2.45, 2.75) is 19.9 Å². The van der Waals surface area contributed by atoms with Crippen molar-refractivity contribution in [3.63, 3.8) is 0 Å². The maximum absolute atomic E-state index is 13.6. The molecule has 0 saturated carbocycles. The summed E-state index contributed by atoms with van der Waals surface area (Å²) in [7, 11) is 5.83. The van der Waals surface area contributed by atoms with Crippen LogP contribution in [0.3, 0.4) is 0 Å². The monoisotopic (exact) mass is 537 g/mol. The fourth-order valence-electron chi connectivity index (χ4n) is 4.75. The number of hydrogen-bond acceptors (Lipinski definition) is 7. The van der Waals surface area contributed by atoms with Gasteiger partial charge in [0.05, 0.1) is 50.6 Å². The number of aliphatic hydroxyl groups excluding tert-OH is 1. The van der Waals surface area contributed by atoms with Gasteiger partial charge in [0.1, 0.15) is 11.5 Å². The van der Waals surface area contributed by atoms with Gasteiger partial charge in [0.15, 0.2) is 11.5 Å². The largest absolute Gasteiger partial charge is 0.507 e. The van der Waals surface area contributed by atoms with E-state index in [1.54, 1.807) is 43.3 Å². The summed E-state index contributed by atoms with van der Waals surface area (Å²) < 4.78 is 22.0. The number of para-hydroxylation sites is 1. The molecule has 0 spiro atoms. The molecular formula is C29H28ClNO7. The fourth-order valence-corrected chi connectivity index (χ4v) is 5.10. The molecule has 4 rings (SSSR count). The molecule has 1 saturated heterocycles. The van der Waals surface area contributed by atoms with Gasteiger partial charge >= 0.3 is 0 Å². The molecule has 1 unspecified atom stereocenters. The van der Waals surface area contributed by atoms with E-state index in [9.17, 15) is 14.7 Å². The molecule has 0 bridgehead atoms. The van der Waals surface area contributed by atoms with Gasteiger partial charge in [-0.2, -0.15) is 0 Å². The molecule has 3 aromatic carbocycles. The summed E-state index contributed by atoms with van der Waals surface area (Å²) in [6, 6.07) is 12.8. The van der Waals surface area contributed by atoms with Crippen molar-refractivity contribution in [3.05, 3.63) is 81.4 Å². The Morgan fingerprint density at radius 1 is 0.868 bits per heavy atom. The summed E-state index contributed by atoms with van der Waals surface area (Å²) in [5, 5.41) is 11.9. The Morgan fingerprint density at radius 2 is 1.47 bits per heavy atom. The van der Waals surface area contributed by atoms with E-state index in [0.29, 0.717) is 28.5 Å². The van der Waals surface area contributed by atoms with Crippen LogP contribution in [0.5, 0.6) is 23.0 Å². The van der Waals surface area contributed by atoms with Crippen LogP contribution in [0.1, 0.15) is 28.3 Å². The second kappa shape index (κ2) is 10.7. The van der Waals surface area contributed by atoms with Gasteiger partial charge in [0.2, 0.25) is 5.75 Å². The lowest BCUT2D eigenvalue weighted by molar-refractivity contribution is -0.132. The third-order valence-electron chi connectivity index (χ3n) is 6.47. The van der Waals surface area contributed by atoms with E-state index in [2.05, 4.69) is 0 Å². The minimum absolute atomic E-state index is 0.132. The molecule has 1 aliphatic heterocycles. The number of hydrogen-bond donors (Lipinski definition) is 1. The topological polar surface area (TPSA) is 94.5 Å². The first-order chi connectivity index (χ1) is 18.2. The first kappa shape index (κ1) is 26.9. The van der Waals surface area contributed by atoms with Crippen LogP contribution < -0.4 is 23.8 Å². The number of anilines is 1. The van der Waals surface area contributed by atoms with E-state index >= 15 is 0 Å². The minimum atomic E-state index is -1.03. The van der Waals surface area contributed by atoms with Crippen LogP contribution in [0, 0.1) is 13.8 Å². The van der Waals surface area contributed by atoms with Crippen molar-refractivity contribution in [3.8, 4) is 23.0 Å². The molecular weight excluding hydrogens is 510 g/mol. The summed E-state index contributed by atoms with van der Waals surface area (Å²) in [6.45, 7) is 3.63. The number of methoxy groups -OCH3 is 4. The van der Waals surface area contributed by atoms with Crippen LogP contribution >= 0.6 is 11.6 Å². The van der Waals surface area contributed by atoms with Gasteiger partial charge < -0.3 is 24.1 Å². The Labute approximate surface area is 225 Å². The number of ether oxygens (including phenoxy) is 4. The fraction of sp³-hybridized carbons (Fsp3) is 0.241. The molecule has 1 atom stereocenters. The number of nitrogens with zero attached hydrogens (tertiary/aromatic N) is 1. The average molecular weight is 538 g/mol. The number of rotatable bonds is 7. The van der Waals surface area contributed by atoms with Gasteiger partial charge in [0, 0.05) is 5.69 Å². The lowest BCUT2D eigenvalue weighted by Gasteiger charge is -2.28. The van der Waals surface area contributed by atoms with Crippen LogP contribution in [0.2, 0.25) is 5.02 Å². The SMILES string of the molecule is COc1cc(C2/C(=C(\O)c3cc(C)cc(Cl)c3OC)C(=O)C(=O)N2c2ccccc2C)cc(OC)c1OC. The van der Waals surface area contributed by atoms with Crippen LogP contribution in [0.4, 0.5) is 5.69 Å². The second-order valence-corrected chi connectivity index (χ2v) is 9.15. The van der Waals surface area contributed by atoms with E-state index < -0.39 is 23.5 Å². The molecule has 3 aromatic rings. The molecule has 1 amide bonds. The Morgan fingerprint density at radius 3 is 2.03 bits per heavy atom. The number of carbonyl (C=O) groups excluding carboxylic acids is 2. The first-order valence-electron chi connectivity index (χ1n) is 11.7. The zero-order valence-corrected chi connectivity index (χ0v) is 22.7. The molecule has 0 aliphatic carbocycles. The number of carbonyl (C=O) groups is 2. The molecule has 1 aliphatic rings. The minimum Gasteiger partial charge on any atom is -0.507 e. The molecule has 9 heteroatoms. The molecule has 1 heterocycles. The van der Waals surface area contributed by atoms with Crippen molar-refractivity contribution in [2.75, 3.05) is 33.3 Å². The predicted octanol–water partition coefficient (Wildman–Crippen LogP) is 5.62. The van der Waals surface area contributed by atoms with Gasteiger partial charge in [-0.25, -0.2) is 0 Å². The van der Waals surface area contributed by atoms with Crippen LogP contribution in [0.25, 0.3) is 5.76 Å². The molecule has 198 valence electrons. The standard InChI is InChI=1S/C29H28ClNO7/c1-15-11-18(27(37-5)19(30)12-15)25(32)23-24(17-13-21(35-3)28(38-6)22(14-17)36-4)31(29(34)26(23)33)20-10-8-7-9-16(20)2/h7-14,24,32H,1-6H3/b25-23+. The Balaban J connectivity index is 2.09. The summed E-state index contributed by atoms with van der Waals surface area (Å²) in [6.07, 6.45) is 0. The maximum atomic E-state index is 13.6. The van der Waals surface area contributed by atoms with E-state index in [1.165, 1.54) is 33.3 Å². The lowest BCUT2D eigenvalue weighted by Crippen LogP contribution is -2.30. The van der Waals surface area contributed by atoms with E-state index in [0.717, 1.165) is 11.1 Å². The number of aryl methyl sites for hydroxylation is 2. The maximum Gasteiger partial charge on any atom is 0.300 e. The van der Waals surface area contributed by atoms with Crippen molar-refractivity contribution in [2.24, 2.45) is 0 Å². The van der Waals surface area contributed by atoms with Gasteiger partial charge in [-0.15, -0.1) is 0 Å². The van der Waals surface area contributed by atoms with E-state index in [4.69, 9.17) is 30.5 Å². The molecule has 0 radical (unpaired) electrons. The number of Topliss-reactive ketones (excluding diaryl/α,β-unsaturated/α-hetero) is 1. The summed E-state index contributed by atoms with van der Waals surface area (Å²) in [5.74, 6) is -0.886. The van der Waals surface area contributed by atoms with Gasteiger partial charge in [-0.3, -0.25) is 14.5 Å². The third-order valence-corrected chi connectivity index (χ3v) is 6.75. The van der Waals surface area contributed by atoms with Crippen molar-refractivity contribution < 1.29 is 33.6 Å². The van der Waals surface area contributed by atoms with Crippen LogP contribution in [-0.4, -0.2) is 45.2 Å². The number of halogens is 1. The zero-order chi connectivity index (χ0) is 27.7. The number of ketones is 1. The molecule has 38 heavy (non-hydrogen) atoms. The first-order valence-corrected chi connectivity index (χ1v) is 12.1. The lowest BCUT2D eigenvalue weighted by atomic mass is 9.93. The number of amides is 1. The molecule has 0 aromatic heterocycles. The number of benzene rings is 3. The van der Waals surface area contributed by atoms with Crippen LogP contribution in [-0.2, 0) is 9.59 Å². The third kappa shape index (κ3) is 4.41. The highest BCUT2D eigenvalue weighted by molar-refractivity contribution is 6.52. The van der Waals surface area contributed by atoms with E-state index in [-0.39, 0.29) is 21.9 Å².